The fourth-order valence-electron chi connectivity index (χ4n) is 1.82. The highest BCUT2D eigenvalue weighted by Crippen LogP contribution is 2.18. The van der Waals surface area contributed by atoms with Gasteiger partial charge in [0.1, 0.15) is 5.75 Å². The number of nitrogens with zero attached hydrogens (tertiary/aromatic N) is 2. The molecule has 0 spiro atoms. The van der Waals surface area contributed by atoms with E-state index >= 15 is 0 Å². The van der Waals surface area contributed by atoms with Crippen molar-refractivity contribution in [2.75, 3.05) is 11.8 Å². The lowest BCUT2D eigenvalue weighted by Gasteiger charge is -2.10. The molecule has 0 saturated heterocycles. The van der Waals surface area contributed by atoms with Crippen molar-refractivity contribution in [2.24, 2.45) is 5.73 Å². The molecule has 0 amide bonds. The van der Waals surface area contributed by atoms with Crippen molar-refractivity contribution >= 4 is 21.9 Å². The Morgan fingerprint density at radius 3 is 2.38 bits per heavy atom. The van der Waals surface area contributed by atoms with Crippen LogP contribution >= 0.6 is 0 Å². The average Bonchev–Trinajstić information content (AvgIpc) is 2.54. The molecule has 1 atom stereocenters. The Bertz CT molecular complexity index is 806. The van der Waals surface area contributed by atoms with Crippen LogP contribution in [0, 0.1) is 0 Å². The summed E-state index contributed by atoms with van der Waals surface area (Å²) in [6, 6.07) is 5.04. The van der Waals surface area contributed by atoms with Crippen LogP contribution in [-0.4, -0.2) is 36.6 Å². The highest BCUT2D eigenvalue weighted by atomic mass is 32.2. The zero-order chi connectivity index (χ0) is 17.7. The summed E-state index contributed by atoms with van der Waals surface area (Å²) in [6.07, 6.45) is 2.29. The van der Waals surface area contributed by atoms with Gasteiger partial charge in [-0.2, -0.15) is 0 Å². The van der Waals surface area contributed by atoms with E-state index in [0.717, 1.165) is 0 Å². The van der Waals surface area contributed by atoms with E-state index in [-0.39, 0.29) is 17.3 Å². The average molecular weight is 352 g/mol. The number of nitrogens with one attached hydrogen (secondary N) is 1. The number of methoxy groups -OCH3 is 1. The van der Waals surface area contributed by atoms with Gasteiger partial charge in [0, 0.05) is 24.0 Å². The molecule has 0 aliphatic rings. The van der Waals surface area contributed by atoms with Crippen molar-refractivity contribution in [1.29, 1.82) is 0 Å². The van der Waals surface area contributed by atoms with Gasteiger partial charge in [0.15, 0.2) is 0 Å². The minimum absolute atomic E-state index is 0.0264. The van der Waals surface area contributed by atoms with Crippen molar-refractivity contribution in [2.45, 2.75) is 17.4 Å². The molecule has 1 heterocycles. The monoisotopic (exact) mass is 352 g/mol. The number of carbonyl (C=O) groups is 1. The predicted molar refractivity (Wildman–Crippen MR) is 85.0 cm³/mol. The Labute approximate surface area is 138 Å². The van der Waals surface area contributed by atoms with Gasteiger partial charge in [-0.25, -0.2) is 23.1 Å². The van der Waals surface area contributed by atoms with E-state index in [4.69, 9.17) is 15.6 Å². The van der Waals surface area contributed by atoms with Crippen molar-refractivity contribution < 1.29 is 23.1 Å². The molecule has 0 aliphatic heterocycles. The molecule has 2 aromatic rings. The number of aliphatic carboxylic acids is 1. The molecule has 0 bridgehead atoms. The molecule has 1 aromatic carbocycles. The van der Waals surface area contributed by atoms with Crippen molar-refractivity contribution in [1.82, 2.24) is 9.97 Å². The van der Waals surface area contributed by atoms with Gasteiger partial charge >= 0.3 is 5.97 Å². The van der Waals surface area contributed by atoms with E-state index in [1.165, 1.54) is 43.8 Å². The summed E-state index contributed by atoms with van der Waals surface area (Å²) in [5, 5.41) is 8.69. The Kier molecular flexibility index (Phi) is 5.31. The molecular formula is C14H16N4O5S. The zero-order valence-electron chi connectivity index (χ0n) is 12.7. The predicted octanol–water partition coefficient (Wildman–Crippen LogP) is 0.760. The Morgan fingerprint density at radius 2 is 1.88 bits per heavy atom. The maximum absolute atomic E-state index is 12.2. The molecule has 24 heavy (non-hydrogen) atoms. The molecule has 4 N–H and O–H groups in total. The van der Waals surface area contributed by atoms with Gasteiger partial charge < -0.3 is 15.6 Å². The summed E-state index contributed by atoms with van der Waals surface area (Å²) in [4.78, 5) is 18.4. The van der Waals surface area contributed by atoms with Crippen LogP contribution in [0.3, 0.4) is 0 Å². The number of sulfonamides is 1. The van der Waals surface area contributed by atoms with Crippen LogP contribution in [0.2, 0.25) is 0 Å². The van der Waals surface area contributed by atoms with Crippen molar-refractivity contribution in [3.63, 3.8) is 0 Å². The first-order valence-electron chi connectivity index (χ1n) is 6.78. The maximum Gasteiger partial charge on any atom is 0.305 e. The molecule has 0 saturated carbocycles. The van der Waals surface area contributed by atoms with E-state index in [9.17, 15) is 13.2 Å². The fourth-order valence-corrected chi connectivity index (χ4v) is 2.78. The third-order valence-electron chi connectivity index (χ3n) is 3.09. The van der Waals surface area contributed by atoms with Gasteiger partial charge in [-0.05, 0) is 24.3 Å². The first-order valence-corrected chi connectivity index (χ1v) is 8.26. The van der Waals surface area contributed by atoms with Crippen LogP contribution in [-0.2, 0) is 14.8 Å². The number of ether oxygens (including phenoxy) is 1. The SMILES string of the molecule is COc1ccc(S(=O)(=O)Nc2ncc([C@@H](N)CC(=O)O)cn2)cc1. The molecule has 10 heteroatoms. The quantitative estimate of drug-likeness (QED) is 0.662. The second-order valence-corrected chi connectivity index (χ2v) is 6.51. The van der Waals surface area contributed by atoms with Crippen LogP contribution in [0.5, 0.6) is 5.75 Å². The number of carboxylic acids is 1. The molecule has 0 aliphatic carbocycles. The second-order valence-electron chi connectivity index (χ2n) is 4.83. The number of carboxylic acid groups (broad SMARTS) is 1. The number of anilines is 1. The van der Waals surface area contributed by atoms with Gasteiger partial charge in [0.2, 0.25) is 5.95 Å². The van der Waals surface area contributed by atoms with Gasteiger partial charge in [0.25, 0.3) is 10.0 Å². The first-order chi connectivity index (χ1) is 11.3. The highest BCUT2D eigenvalue weighted by Gasteiger charge is 2.17. The fraction of sp³-hybridized carbons (Fsp3) is 0.214. The molecule has 2 rings (SSSR count). The van der Waals surface area contributed by atoms with Crippen LogP contribution in [0.15, 0.2) is 41.6 Å². The summed E-state index contributed by atoms with van der Waals surface area (Å²) in [5.41, 5.74) is 6.07. The summed E-state index contributed by atoms with van der Waals surface area (Å²) in [7, 11) is -2.37. The van der Waals surface area contributed by atoms with Crippen molar-refractivity contribution in [3.8, 4) is 5.75 Å². The minimum Gasteiger partial charge on any atom is -0.497 e. The smallest absolute Gasteiger partial charge is 0.305 e. The minimum atomic E-state index is -3.85. The third-order valence-corrected chi connectivity index (χ3v) is 4.43. The third kappa shape index (κ3) is 4.40. The topological polar surface area (TPSA) is 144 Å². The normalized spacial score (nSPS) is 12.4. The number of hydrogen-bond acceptors (Lipinski definition) is 7. The van der Waals surface area contributed by atoms with Crippen LogP contribution in [0.25, 0.3) is 0 Å². The lowest BCUT2D eigenvalue weighted by molar-refractivity contribution is -0.137. The van der Waals surface area contributed by atoms with Gasteiger partial charge in [-0.3, -0.25) is 4.79 Å². The van der Waals surface area contributed by atoms with E-state index in [2.05, 4.69) is 14.7 Å². The Morgan fingerprint density at radius 1 is 1.29 bits per heavy atom. The molecule has 128 valence electrons. The highest BCUT2D eigenvalue weighted by molar-refractivity contribution is 7.92. The summed E-state index contributed by atoms with van der Waals surface area (Å²) in [6.45, 7) is 0. The molecule has 0 unspecified atom stereocenters. The van der Waals surface area contributed by atoms with Crippen molar-refractivity contribution in [3.05, 3.63) is 42.2 Å². The number of nitrogens with two attached hydrogens (primary N) is 1. The summed E-state index contributed by atoms with van der Waals surface area (Å²) in [5.74, 6) is -0.661. The summed E-state index contributed by atoms with van der Waals surface area (Å²) >= 11 is 0. The lowest BCUT2D eigenvalue weighted by atomic mass is 10.1. The second kappa shape index (κ2) is 7.23. The number of rotatable bonds is 7. The lowest BCUT2D eigenvalue weighted by Crippen LogP contribution is -2.17. The van der Waals surface area contributed by atoms with E-state index < -0.39 is 22.0 Å². The number of benzene rings is 1. The van der Waals surface area contributed by atoms with Gasteiger partial charge in [-0.1, -0.05) is 0 Å². The molecule has 0 radical (unpaired) electrons. The largest absolute Gasteiger partial charge is 0.497 e. The van der Waals surface area contributed by atoms with E-state index in [0.29, 0.717) is 11.3 Å². The Hall–Kier alpha value is -2.72. The number of hydrogen-bond donors (Lipinski definition) is 3. The molecule has 0 fully saturated rings. The standard InChI is InChI=1S/C14H16N4O5S/c1-23-10-2-4-11(5-3-10)24(21,22)18-14-16-7-9(8-17-14)12(15)6-13(19)20/h2-5,7-8,12H,6,15H2,1H3,(H,19,20)(H,16,17,18)/t12-/m0/s1. The van der Waals surface area contributed by atoms with E-state index in [1.54, 1.807) is 0 Å². The zero-order valence-corrected chi connectivity index (χ0v) is 13.5. The molecule has 1 aromatic heterocycles. The number of aromatic nitrogens is 2. The van der Waals surface area contributed by atoms with E-state index in [1.807, 2.05) is 0 Å². The van der Waals surface area contributed by atoms with Gasteiger partial charge in [0.05, 0.1) is 18.4 Å². The van der Waals surface area contributed by atoms with Crippen LogP contribution < -0.4 is 15.2 Å². The first kappa shape index (κ1) is 17.6. The molecular weight excluding hydrogens is 336 g/mol. The van der Waals surface area contributed by atoms with Gasteiger partial charge in [-0.15, -0.1) is 0 Å². The van der Waals surface area contributed by atoms with Crippen LogP contribution in [0.1, 0.15) is 18.0 Å². The summed E-state index contributed by atoms with van der Waals surface area (Å²) < 4.78 is 31.7. The molecule has 9 nitrogen and oxygen atoms in total. The Balaban J connectivity index is 2.13. The maximum atomic E-state index is 12.2. The van der Waals surface area contributed by atoms with Crippen LogP contribution in [0.4, 0.5) is 5.95 Å².